The number of anilines is 1. The molecular weight excluding hydrogens is 518 g/mol. The van der Waals surface area contributed by atoms with E-state index in [4.69, 9.17) is 0 Å². The number of aromatic amines is 1. The lowest BCUT2D eigenvalue weighted by Gasteiger charge is -2.38. The maximum absolute atomic E-state index is 4.64. The molecule has 1 aliphatic carbocycles. The summed E-state index contributed by atoms with van der Waals surface area (Å²) in [6, 6.07) is 30.4. The van der Waals surface area contributed by atoms with Crippen LogP contribution in [-0.2, 0) is 10.7 Å². The van der Waals surface area contributed by atoms with E-state index in [0.717, 1.165) is 29.8 Å². The molecule has 1 atom stereocenters. The Morgan fingerprint density at radius 1 is 0.946 bits per heavy atom. The molecular formula is C33H30BrN3. The Morgan fingerprint density at radius 3 is 2.27 bits per heavy atom. The molecule has 0 fully saturated rings. The number of nitrogens with one attached hydrogen (secondary N) is 2. The smallest absolute Gasteiger partial charge is 0.204 e. The summed E-state index contributed by atoms with van der Waals surface area (Å²) in [6.45, 7) is 8.79. The van der Waals surface area contributed by atoms with E-state index in [1.807, 2.05) is 6.20 Å². The Hall–Kier alpha value is -3.63. The van der Waals surface area contributed by atoms with Gasteiger partial charge in [0.15, 0.2) is 0 Å². The largest absolute Gasteiger partial charge is 0.330 e. The normalized spacial score (nSPS) is 14.6. The van der Waals surface area contributed by atoms with Crippen LogP contribution in [0.2, 0.25) is 0 Å². The van der Waals surface area contributed by atoms with Gasteiger partial charge in [-0.15, -0.1) is 0 Å². The molecule has 1 aromatic heterocycles. The second-order valence-corrected chi connectivity index (χ2v) is 11.5. The third kappa shape index (κ3) is 4.19. The predicted octanol–water partition coefficient (Wildman–Crippen LogP) is 8.73. The molecule has 0 radical (unpaired) electrons. The fourth-order valence-electron chi connectivity index (χ4n) is 5.72. The SMILES string of the molecule is C=C(Nc1ncc(-c2ccc(C)c3ccccc23)[nH]1)C(C)CC1(Br)c2ccccc2Cc2ccccc21. The summed E-state index contributed by atoms with van der Waals surface area (Å²) < 4.78 is -0.266. The van der Waals surface area contributed by atoms with Crippen LogP contribution in [0.4, 0.5) is 5.95 Å². The van der Waals surface area contributed by atoms with Gasteiger partial charge in [0, 0.05) is 11.3 Å². The van der Waals surface area contributed by atoms with Crippen LogP contribution in [0.5, 0.6) is 0 Å². The van der Waals surface area contributed by atoms with Crippen molar-refractivity contribution < 1.29 is 0 Å². The van der Waals surface area contributed by atoms with Crippen molar-refractivity contribution in [1.82, 2.24) is 9.97 Å². The van der Waals surface area contributed by atoms with Gasteiger partial charge in [-0.05, 0) is 64.3 Å². The molecule has 0 amide bonds. The van der Waals surface area contributed by atoms with Gasteiger partial charge in [-0.25, -0.2) is 4.98 Å². The van der Waals surface area contributed by atoms with Crippen molar-refractivity contribution in [3.05, 3.63) is 131 Å². The molecule has 0 bridgehead atoms. The first kappa shape index (κ1) is 23.7. The molecule has 0 aliphatic heterocycles. The summed E-state index contributed by atoms with van der Waals surface area (Å²) in [6.07, 6.45) is 3.75. The zero-order valence-electron chi connectivity index (χ0n) is 21.2. The lowest BCUT2D eigenvalue weighted by Crippen LogP contribution is -2.30. The number of imidazole rings is 1. The maximum Gasteiger partial charge on any atom is 0.204 e. The number of hydrogen-bond acceptors (Lipinski definition) is 2. The van der Waals surface area contributed by atoms with Gasteiger partial charge in [0.25, 0.3) is 0 Å². The van der Waals surface area contributed by atoms with Gasteiger partial charge >= 0.3 is 0 Å². The van der Waals surface area contributed by atoms with Crippen LogP contribution in [-0.4, -0.2) is 9.97 Å². The van der Waals surface area contributed by atoms with E-state index < -0.39 is 0 Å². The van der Waals surface area contributed by atoms with Gasteiger partial charge in [0.05, 0.1) is 16.2 Å². The predicted molar refractivity (Wildman–Crippen MR) is 158 cm³/mol. The number of rotatable bonds is 6. The van der Waals surface area contributed by atoms with Crippen LogP contribution in [0.1, 0.15) is 41.2 Å². The Labute approximate surface area is 226 Å². The van der Waals surface area contributed by atoms with Gasteiger partial charge in [-0.1, -0.05) is 114 Å². The third-order valence-corrected chi connectivity index (χ3v) is 8.92. The van der Waals surface area contributed by atoms with Crippen molar-refractivity contribution in [1.29, 1.82) is 0 Å². The maximum atomic E-state index is 4.64. The number of benzene rings is 4. The van der Waals surface area contributed by atoms with E-state index in [9.17, 15) is 0 Å². The summed E-state index contributed by atoms with van der Waals surface area (Å²) in [5, 5.41) is 5.95. The highest BCUT2D eigenvalue weighted by atomic mass is 79.9. The minimum absolute atomic E-state index is 0.187. The van der Waals surface area contributed by atoms with Gasteiger partial charge in [0.2, 0.25) is 5.95 Å². The van der Waals surface area contributed by atoms with Crippen LogP contribution < -0.4 is 5.32 Å². The number of aryl methyl sites for hydroxylation is 1. The molecule has 0 saturated heterocycles. The van der Waals surface area contributed by atoms with Gasteiger partial charge in [-0.3, -0.25) is 0 Å². The Kier molecular flexibility index (Phi) is 6.00. The van der Waals surface area contributed by atoms with Crippen molar-refractivity contribution >= 4 is 32.7 Å². The Balaban J connectivity index is 1.25. The van der Waals surface area contributed by atoms with Crippen LogP contribution in [0.15, 0.2) is 103 Å². The number of alkyl halides is 1. The Morgan fingerprint density at radius 2 is 1.57 bits per heavy atom. The Bertz CT molecular complexity index is 1580. The number of hydrogen-bond donors (Lipinski definition) is 2. The monoisotopic (exact) mass is 547 g/mol. The van der Waals surface area contributed by atoms with Gasteiger partial charge < -0.3 is 10.3 Å². The second-order valence-electron chi connectivity index (χ2n) is 10.2. The highest BCUT2D eigenvalue weighted by Crippen LogP contribution is 2.50. The molecule has 6 rings (SSSR count). The van der Waals surface area contributed by atoms with Crippen LogP contribution in [0.25, 0.3) is 22.0 Å². The lowest BCUT2D eigenvalue weighted by molar-refractivity contribution is 0.531. The van der Waals surface area contributed by atoms with E-state index in [1.165, 1.54) is 38.6 Å². The molecule has 0 spiro atoms. The molecule has 184 valence electrons. The lowest BCUT2D eigenvalue weighted by atomic mass is 9.74. The summed E-state index contributed by atoms with van der Waals surface area (Å²) in [7, 11) is 0. The zero-order chi connectivity index (χ0) is 25.6. The van der Waals surface area contributed by atoms with E-state index in [1.54, 1.807) is 0 Å². The molecule has 3 nitrogen and oxygen atoms in total. The number of H-pyrrole nitrogens is 1. The zero-order valence-corrected chi connectivity index (χ0v) is 22.8. The minimum Gasteiger partial charge on any atom is -0.330 e. The number of fused-ring (bicyclic) bond motifs is 3. The van der Waals surface area contributed by atoms with Crippen molar-refractivity contribution in [3.63, 3.8) is 0 Å². The van der Waals surface area contributed by atoms with E-state index in [-0.39, 0.29) is 10.2 Å². The average molecular weight is 549 g/mol. The summed E-state index contributed by atoms with van der Waals surface area (Å²) in [4.78, 5) is 8.12. The topological polar surface area (TPSA) is 40.7 Å². The van der Waals surface area contributed by atoms with Crippen molar-refractivity contribution in [2.75, 3.05) is 5.32 Å². The first-order chi connectivity index (χ1) is 17.9. The fourth-order valence-corrected chi connectivity index (χ4v) is 6.98. The summed E-state index contributed by atoms with van der Waals surface area (Å²) in [5.41, 5.74) is 9.80. The van der Waals surface area contributed by atoms with E-state index >= 15 is 0 Å². The van der Waals surface area contributed by atoms with Crippen LogP contribution in [0.3, 0.4) is 0 Å². The van der Waals surface area contributed by atoms with Crippen molar-refractivity contribution in [2.45, 2.75) is 31.0 Å². The number of nitrogens with zero attached hydrogens (tertiary/aromatic N) is 1. The quantitative estimate of drug-likeness (QED) is 0.208. The molecule has 1 heterocycles. The second kappa shape index (κ2) is 9.35. The highest BCUT2D eigenvalue weighted by Gasteiger charge is 2.39. The molecule has 5 aromatic rings. The van der Waals surface area contributed by atoms with Crippen LogP contribution >= 0.6 is 15.9 Å². The number of aromatic nitrogens is 2. The molecule has 2 N–H and O–H groups in total. The summed E-state index contributed by atoms with van der Waals surface area (Å²) >= 11 is 4.22. The number of allylic oxidation sites excluding steroid dienone is 1. The van der Waals surface area contributed by atoms with Crippen molar-refractivity contribution in [3.8, 4) is 11.3 Å². The minimum atomic E-state index is -0.266. The molecule has 37 heavy (non-hydrogen) atoms. The van der Waals surface area contributed by atoms with Gasteiger partial charge in [-0.2, -0.15) is 0 Å². The van der Waals surface area contributed by atoms with Crippen LogP contribution in [0, 0.1) is 12.8 Å². The van der Waals surface area contributed by atoms with Crippen molar-refractivity contribution in [2.24, 2.45) is 5.92 Å². The third-order valence-electron chi connectivity index (χ3n) is 7.74. The van der Waals surface area contributed by atoms with E-state index in [0.29, 0.717) is 5.95 Å². The summed E-state index contributed by atoms with van der Waals surface area (Å²) in [5.74, 6) is 0.900. The fraction of sp³-hybridized carbons (Fsp3) is 0.182. The molecule has 4 heteroatoms. The van der Waals surface area contributed by atoms with Gasteiger partial charge in [0.1, 0.15) is 0 Å². The van der Waals surface area contributed by atoms with E-state index in [2.05, 4.69) is 137 Å². The molecule has 4 aromatic carbocycles. The standard InChI is InChI=1S/C33H30BrN3/c1-21-16-17-28(27-13-7-6-12-26(21)27)31-20-35-32(37-31)36-23(3)22(2)19-33(34)29-14-8-4-10-24(29)18-25-11-5-9-15-30(25)33/h4-17,20,22H,3,18-19H2,1-2H3,(H2,35,36,37). The number of halogens is 1. The molecule has 1 aliphatic rings. The molecule has 1 unspecified atom stereocenters. The average Bonchev–Trinajstić information content (AvgIpc) is 3.37. The molecule has 0 saturated carbocycles. The first-order valence-corrected chi connectivity index (χ1v) is 13.6. The highest BCUT2D eigenvalue weighted by molar-refractivity contribution is 9.09. The first-order valence-electron chi connectivity index (χ1n) is 12.8.